The smallest absolute Gasteiger partial charge is 0.0629 e. The monoisotopic (exact) mass is 257 g/mol. The van der Waals surface area contributed by atoms with Gasteiger partial charge in [-0.3, -0.25) is 4.68 Å². The summed E-state index contributed by atoms with van der Waals surface area (Å²) in [4.78, 5) is 0. The first-order valence-electron chi connectivity index (χ1n) is 6.90. The number of aryl methyl sites for hydroxylation is 3. The van der Waals surface area contributed by atoms with Gasteiger partial charge in [0.2, 0.25) is 0 Å². The molecule has 19 heavy (non-hydrogen) atoms. The lowest BCUT2D eigenvalue weighted by molar-refractivity contribution is 0.592. The molecule has 0 aliphatic heterocycles. The van der Waals surface area contributed by atoms with Crippen molar-refractivity contribution in [1.82, 2.24) is 9.78 Å². The maximum atomic E-state index is 5.90. The summed E-state index contributed by atoms with van der Waals surface area (Å²) in [5.74, 6) is 0. The third kappa shape index (κ3) is 3.44. The molecule has 0 spiro atoms. The van der Waals surface area contributed by atoms with Crippen LogP contribution < -0.4 is 5.73 Å². The van der Waals surface area contributed by atoms with E-state index in [0.29, 0.717) is 0 Å². The third-order valence-corrected chi connectivity index (χ3v) is 3.51. The first-order valence-corrected chi connectivity index (χ1v) is 6.90. The molecule has 0 radical (unpaired) electrons. The molecule has 1 heterocycles. The molecule has 2 N–H and O–H groups in total. The van der Waals surface area contributed by atoms with E-state index in [-0.39, 0.29) is 6.04 Å². The van der Waals surface area contributed by atoms with Gasteiger partial charge < -0.3 is 5.73 Å². The Balaban J connectivity index is 2.09. The fourth-order valence-corrected chi connectivity index (χ4v) is 2.45. The summed E-state index contributed by atoms with van der Waals surface area (Å²) in [5.41, 5.74) is 10.9. The van der Waals surface area contributed by atoms with Gasteiger partial charge in [0.05, 0.1) is 5.69 Å². The normalized spacial score (nSPS) is 12.6. The zero-order chi connectivity index (χ0) is 13.8. The van der Waals surface area contributed by atoms with E-state index >= 15 is 0 Å². The highest BCUT2D eigenvalue weighted by Gasteiger charge is 2.12. The highest BCUT2D eigenvalue weighted by atomic mass is 15.3. The second-order valence-corrected chi connectivity index (χ2v) is 5.29. The zero-order valence-electron chi connectivity index (χ0n) is 12.1. The molecule has 0 aliphatic carbocycles. The molecule has 1 atom stereocenters. The van der Waals surface area contributed by atoms with Gasteiger partial charge in [-0.1, -0.05) is 30.3 Å². The van der Waals surface area contributed by atoms with Crippen molar-refractivity contribution in [3.05, 3.63) is 52.8 Å². The van der Waals surface area contributed by atoms with Crippen LogP contribution in [0.4, 0.5) is 0 Å². The molecular formula is C16H23N3. The molecule has 1 unspecified atom stereocenters. The predicted octanol–water partition coefficient (Wildman–Crippen LogP) is 2.63. The summed E-state index contributed by atoms with van der Waals surface area (Å²) in [5, 5.41) is 4.64. The predicted molar refractivity (Wildman–Crippen MR) is 79.2 cm³/mol. The molecule has 0 saturated carbocycles. The molecule has 3 nitrogen and oxygen atoms in total. The Morgan fingerprint density at radius 2 is 1.89 bits per heavy atom. The highest BCUT2D eigenvalue weighted by molar-refractivity contribution is 5.25. The molecule has 0 fully saturated rings. The van der Waals surface area contributed by atoms with Gasteiger partial charge in [-0.15, -0.1) is 0 Å². The molecule has 0 bridgehead atoms. The SMILES string of the molecule is Cc1nn(CCc2ccccc2)c(C)c1CC(C)N. The van der Waals surface area contributed by atoms with E-state index in [1.807, 2.05) is 13.0 Å². The Morgan fingerprint density at radius 1 is 1.21 bits per heavy atom. The van der Waals surface area contributed by atoms with Gasteiger partial charge in [0, 0.05) is 18.3 Å². The van der Waals surface area contributed by atoms with Crippen LogP contribution >= 0.6 is 0 Å². The Bertz CT molecular complexity index is 526. The van der Waals surface area contributed by atoms with E-state index in [9.17, 15) is 0 Å². The van der Waals surface area contributed by atoms with Crippen LogP contribution in [0.3, 0.4) is 0 Å². The molecule has 0 aliphatic rings. The van der Waals surface area contributed by atoms with Crippen molar-refractivity contribution in [2.45, 2.75) is 46.2 Å². The van der Waals surface area contributed by atoms with Crippen molar-refractivity contribution in [2.75, 3.05) is 0 Å². The summed E-state index contributed by atoms with van der Waals surface area (Å²) in [6, 6.07) is 10.7. The van der Waals surface area contributed by atoms with Crippen molar-refractivity contribution >= 4 is 0 Å². The molecule has 1 aromatic carbocycles. The van der Waals surface area contributed by atoms with Gasteiger partial charge in [0.25, 0.3) is 0 Å². The van der Waals surface area contributed by atoms with E-state index < -0.39 is 0 Å². The van der Waals surface area contributed by atoms with Gasteiger partial charge in [-0.25, -0.2) is 0 Å². The topological polar surface area (TPSA) is 43.8 Å². The Hall–Kier alpha value is -1.61. The van der Waals surface area contributed by atoms with Crippen LogP contribution in [0.2, 0.25) is 0 Å². The molecule has 2 rings (SSSR count). The zero-order valence-corrected chi connectivity index (χ0v) is 12.1. The van der Waals surface area contributed by atoms with Gasteiger partial charge in [-0.05, 0) is 44.7 Å². The summed E-state index contributed by atoms with van der Waals surface area (Å²) < 4.78 is 2.11. The van der Waals surface area contributed by atoms with Crippen LogP contribution in [0.5, 0.6) is 0 Å². The fourth-order valence-electron chi connectivity index (χ4n) is 2.45. The quantitative estimate of drug-likeness (QED) is 0.895. The van der Waals surface area contributed by atoms with Crippen molar-refractivity contribution in [1.29, 1.82) is 0 Å². The lowest BCUT2D eigenvalue weighted by Crippen LogP contribution is -2.18. The van der Waals surface area contributed by atoms with Crippen LogP contribution in [0, 0.1) is 13.8 Å². The third-order valence-electron chi connectivity index (χ3n) is 3.51. The maximum Gasteiger partial charge on any atom is 0.0629 e. The number of aromatic nitrogens is 2. The standard InChI is InChI=1S/C16H23N3/c1-12(17)11-16-13(2)18-19(14(16)3)10-9-15-7-5-4-6-8-15/h4-8,12H,9-11,17H2,1-3H3. The minimum absolute atomic E-state index is 0.184. The molecule has 2 aromatic rings. The van der Waals surface area contributed by atoms with Gasteiger partial charge in [0.1, 0.15) is 0 Å². The molecule has 102 valence electrons. The van der Waals surface area contributed by atoms with E-state index in [2.05, 4.69) is 47.9 Å². The van der Waals surface area contributed by atoms with Gasteiger partial charge in [-0.2, -0.15) is 5.10 Å². The van der Waals surface area contributed by atoms with E-state index in [1.54, 1.807) is 0 Å². The van der Waals surface area contributed by atoms with Crippen LogP contribution in [-0.2, 0) is 19.4 Å². The number of hydrogen-bond acceptors (Lipinski definition) is 2. The number of rotatable bonds is 5. The van der Waals surface area contributed by atoms with Crippen molar-refractivity contribution in [2.24, 2.45) is 5.73 Å². The first-order chi connectivity index (χ1) is 9.08. The Morgan fingerprint density at radius 3 is 2.53 bits per heavy atom. The highest BCUT2D eigenvalue weighted by Crippen LogP contribution is 2.15. The fraction of sp³-hybridized carbons (Fsp3) is 0.438. The summed E-state index contributed by atoms with van der Waals surface area (Å²) in [6.45, 7) is 7.18. The second kappa shape index (κ2) is 6.02. The van der Waals surface area contributed by atoms with E-state index in [0.717, 1.165) is 25.1 Å². The molecular weight excluding hydrogens is 234 g/mol. The van der Waals surface area contributed by atoms with Crippen LogP contribution in [0.15, 0.2) is 30.3 Å². The number of hydrogen-bond donors (Lipinski definition) is 1. The summed E-state index contributed by atoms with van der Waals surface area (Å²) in [7, 11) is 0. The molecule has 1 aromatic heterocycles. The Labute approximate surface area is 115 Å². The molecule has 3 heteroatoms. The number of nitrogens with two attached hydrogens (primary N) is 1. The lowest BCUT2D eigenvalue weighted by Gasteiger charge is -2.07. The van der Waals surface area contributed by atoms with Crippen molar-refractivity contribution in [3.63, 3.8) is 0 Å². The maximum absolute atomic E-state index is 5.90. The van der Waals surface area contributed by atoms with E-state index in [4.69, 9.17) is 5.73 Å². The van der Waals surface area contributed by atoms with Gasteiger partial charge >= 0.3 is 0 Å². The molecule has 0 amide bonds. The largest absolute Gasteiger partial charge is 0.328 e. The minimum Gasteiger partial charge on any atom is -0.328 e. The second-order valence-electron chi connectivity index (χ2n) is 5.29. The average molecular weight is 257 g/mol. The summed E-state index contributed by atoms with van der Waals surface area (Å²) >= 11 is 0. The number of nitrogens with zero attached hydrogens (tertiary/aromatic N) is 2. The lowest BCUT2D eigenvalue weighted by atomic mass is 10.1. The van der Waals surface area contributed by atoms with Crippen molar-refractivity contribution < 1.29 is 0 Å². The summed E-state index contributed by atoms with van der Waals surface area (Å²) in [6.07, 6.45) is 1.92. The van der Waals surface area contributed by atoms with Crippen LogP contribution in [-0.4, -0.2) is 15.8 Å². The average Bonchev–Trinajstić information content (AvgIpc) is 2.65. The van der Waals surface area contributed by atoms with Crippen LogP contribution in [0.1, 0.15) is 29.4 Å². The van der Waals surface area contributed by atoms with E-state index in [1.165, 1.54) is 16.8 Å². The first kappa shape index (κ1) is 13.8. The van der Waals surface area contributed by atoms with Crippen LogP contribution in [0.25, 0.3) is 0 Å². The minimum atomic E-state index is 0.184. The molecule has 0 saturated heterocycles. The van der Waals surface area contributed by atoms with Gasteiger partial charge in [0.15, 0.2) is 0 Å². The Kier molecular flexibility index (Phi) is 4.38. The number of benzene rings is 1. The van der Waals surface area contributed by atoms with Crippen molar-refractivity contribution in [3.8, 4) is 0 Å².